The molecule has 2 rings (SSSR count). The van der Waals surface area contributed by atoms with Gasteiger partial charge in [0.2, 0.25) is 10.0 Å². The molecule has 0 unspecified atom stereocenters. The minimum atomic E-state index is -3.64. The quantitative estimate of drug-likeness (QED) is 0.864. The predicted molar refractivity (Wildman–Crippen MR) is 67.7 cm³/mol. The summed E-state index contributed by atoms with van der Waals surface area (Å²) in [6.45, 7) is 0.863. The maximum Gasteiger partial charge on any atom is 0.247 e. The lowest BCUT2D eigenvalue weighted by Crippen LogP contribution is -2.10. The lowest BCUT2D eigenvalue weighted by Gasteiger charge is -2.03. The number of nitrogens with two attached hydrogens (primary N) is 2. The number of benzene rings is 1. The first-order chi connectivity index (χ1) is 8.00. The van der Waals surface area contributed by atoms with Crippen LogP contribution in [-0.4, -0.2) is 21.6 Å². The van der Waals surface area contributed by atoms with Crippen LogP contribution in [0.5, 0.6) is 5.75 Å². The SMILES string of the molecule is NCCOc1ccc2sc(S(N)(=O)=O)cc2c1. The van der Waals surface area contributed by atoms with E-state index in [2.05, 4.69) is 0 Å². The summed E-state index contributed by atoms with van der Waals surface area (Å²) in [7, 11) is -3.64. The van der Waals surface area contributed by atoms with Crippen molar-refractivity contribution < 1.29 is 13.2 Å². The van der Waals surface area contributed by atoms with E-state index >= 15 is 0 Å². The van der Waals surface area contributed by atoms with E-state index in [-0.39, 0.29) is 4.21 Å². The third kappa shape index (κ3) is 2.75. The maximum absolute atomic E-state index is 11.2. The van der Waals surface area contributed by atoms with Crippen molar-refractivity contribution in [3.63, 3.8) is 0 Å². The summed E-state index contributed by atoms with van der Waals surface area (Å²) in [6.07, 6.45) is 0. The number of sulfonamides is 1. The summed E-state index contributed by atoms with van der Waals surface area (Å²) < 4.78 is 28.8. The second kappa shape index (κ2) is 4.61. The van der Waals surface area contributed by atoms with Gasteiger partial charge in [0.05, 0.1) is 0 Å². The van der Waals surface area contributed by atoms with Gasteiger partial charge in [0.15, 0.2) is 0 Å². The molecule has 0 radical (unpaired) electrons. The summed E-state index contributed by atoms with van der Waals surface area (Å²) in [5.41, 5.74) is 5.33. The molecule has 1 aromatic carbocycles. The van der Waals surface area contributed by atoms with E-state index in [0.717, 1.165) is 21.4 Å². The average molecular weight is 272 g/mol. The molecule has 0 atom stereocenters. The topological polar surface area (TPSA) is 95.4 Å². The van der Waals surface area contributed by atoms with Crippen LogP contribution >= 0.6 is 11.3 Å². The van der Waals surface area contributed by atoms with Crippen LogP contribution < -0.4 is 15.6 Å². The second-order valence-electron chi connectivity index (χ2n) is 3.45. The van der Waals surface area contributed by atoms with Crippen molar-refractivity contribution in [2.45, 2.75) is 4.21 Å². The minimum Gasteiger partial charge on any atom is -0.492 e. The maximum atomic E-state index is 11.2. The standard InChI is InChI=1S/C10H12N2O3S2/c11-3-4-15-8-1-2-9-7(5-8)6-10(16-9)17(12,13)14/h1-2,5-6H,3-4,11H2,(H2,12,13,14). The van der Waals surface area contributed by atoms with Gasteiger partial charge in [-0.2, -0.15) is 0 Å². The summed E-state index contributed by atoms with van der Waals surface area (Å²) >= 11 is 1.14. The van der Waals surface area contributed by atoms with Crippen LogP contribution in [0, 0.1) is 0 Å². The molecule has 0 amide bonds. The van der Waals surface area contributed by atoms with E-state index in [1.54, 1.807) is 24.3 Å². The Balaban J connectivity index is 2.41. The van der Waals surface area contributed by atoms with Crippen molar-refractivity contribution in [2.75, 3.05) is 13.2 Å². The monoisotopic (exact) mass is 272 g/mol. The third-order valence-corrected chi connectivity index (χ3v) is 4.67. The van der Waals surface area contributed by atoms with Crippen LogP contribution in [0.4, 0.5) is 0 Å². The molecule has 0 saturated heterocycles. The van der Waals surface area contributed by atoms with Crippen molar-refractivity contribution in [2.24, 2.45) is 10.9 Å². The Kier molecular flexibility index (Phi) is 3.34. The van der Waals surface area contributed by atoms with Gasteiger partial charge in [0, 0.05) is 11.2 Å². The van der Waals surface area contributed by atoms with Crippen LogP contribution in [0.15, 0.2) is 28.5 Å². The van der Waals surface area contributed by atoms with Gasteiger partial charge in [-0.3, -0.25) is 0 Å². The molecule has 0 aliphatic carbocycles. The second-order valence-corrected chi connectivity index (χ2v) is 6.32. The van der Waals surface area contributed by atoms with Gasteiger partial charge < -0.3 is 10.5 Å². The molecule has 4 N–H and O–H groups in total. The zero-order chi connectivity index (χ0) is 12.5. The van der Waals surface area contributed by atoms with Gasteiger partial charge in [-0.1, -0.05) is 0 Å². The Bertz CT molecular complexity index is 634. The zero-order valence-corrected chi connectivity index (χ0v) is 10.6. The Hall–Kier alpha value is -1.15. The van der Waals surface area contributed by atoms with Gasteiger partial charge in [0.25, 0.3) is 0 Å². The van der Waals surface area contributed by atoms with Crippen LogP contribution in [-0.2, 0) is 10.0 Å². The van der Waals surface area contributed by atoms with E-state index < -0.39 is 10.0 Å². The first-order valence-electron chi connectivity index (χ1n) is 4.90. The Morgan fingerprint density at radius 3 is 2.71 bits per heavy atom. The molecular weight excluding hydrogens is 260 g/mol. The summed E-state index contributed by atoms with van der Waals surface area (Å²) in [4.78, 5) is 0. The first-order valence-corrected chi connectivity index (χ1v) is 7.26. The molecule has 2 aromatic rings. The summed E-state index contributed by atoms with van der Waals surface area (Å²) in [6, 6.07) is 6.91. The molecular formula is C10H12N2O3S2. The van der Waals surface area contributed by atoms with Crippen molar-refractivity contribution >= 4 is 31.4 Å². The number of primary sulfonamides is 1. The molecule has 7 heteroatoms. The smallest absolute Gasteiger partial charge is 0.247 e. The van der Waals surface area contributed by atoms with E-state index in [1.807, 2.05) is 0 Å². The molecule has 92 valence electrons. The van der Waals surface area contributed by atoms with Crippen LogP contribution in [0.2, 0.25) is 0 Å². The van der Waals surface area contributed by atoms with Crippen molar-refractivity contribution in [3.05, 3.63) is 24.3 Å². The summed E-state index contributed by atoms with van der Waals surface area (Å²) in [5, 5.41) is 5.87. The van der Waals surface area contributed by atoms with Gasteiger partial charge in [-0.15, -0.1) is 11.3 Å². The molecule has 5 nitrogen and oxygen atoms in total. The highest BCUT2D eigenvalue weighted by molar-refractivity contribution is 7.91. The lowest BCUT2D eigenvalue weighted by molar-refractivity contribution is 0.329. The molecule has 0 aliphatic rings. The molecule has 17 heavy (non-hydrogen) atoms. The molecule has 0 saturated carbocycles. The zero-order valence-electron chi connectivity index (χ0n) is 8.92. The van der Waals surface area contributed by atoms with E-state index in [0.29, 0.717) is 18.9 Å². The fourth-order valence-electron chi connectivity index (χ4n) is 1.40. The highest BCUT2D eigenvalue weighted by Crippen LogP contribution is 2.30. The molecule has 0 fully saturated rings. The Morgan fingerprint density at radius 2 is 2.06 bits per heavy atom. The number of ether oxygens (including phenoxy) is 1. The number of rotatable bonds is 4. The fourth-order valence-corrected chi connectivity index (χ4v) is 3.20. The Morgan fingerprint density at radius 1 is 1.29 bits per heavy atom. The van der Waals surface area contributed by atoms with Crippen molar-refractivity contribution in [3.8, 4) is 5.75 Å². The van der Waals surface area contributed by atoms with Crippen LogP contribution in [0.25, 0.3) is 10.1 Å². The predicted octanol–water partition coefficient (Wildman–Crippen LogP) is 0.886. The number of hydrogen-bond donors (Lipinski definition) is 2. The molecule has 0 spiro atoms. The Labute approximate surface area is 103 Å². The van der Waals surface area contributed by atoms with Crippen molar-refractivity contribution in [1.29, 1.82) is 0 Å². The average Bonchev–Trinajstić information content (AvgIpc) is 2.68. The third-order valence-electron chi connectivity index (χ3n) is 2.13. The lowest BCUT2D eigenvalue weighted by atomic mass is 10.2. The highest BCUT2D eigenvalue weighted by atomic mass is 32.2. The van der Waals surface area contributed by atoms with Gasteiger partial charge >= 0.3 is 0 Å². The van der Waals surface area contributed by atoms with Gasteiger partial charge in [0.1, 0.15) is 16.6 Å². The summed E-state index contributed by atoms with van der Waals surface area (Å²) in [5.74, 6) is 0.668. The van der Waals surface area contributed by atoms with E-state index in [1.165, 1.54) is 0 Å². The molecule has 1 aromatic heterocycles. The van der Waals surface area contributed by atoms with Crippen molar-refractivity contribution in [1.82, 2.24) is 0 Å². The molecule has 0 bridgehead atoms. The van der Waals surface area contributed by atoms with E-state index in [4.69, 9.17) is 15.6 Å². The highest BCUT2D eigenvalue weighted by Gasteiger charge is 2.12. The van der Waals surface area contributed by atoms with Crippen LogP contribution in [0.3, 0.4) is 0 Å². The fraction of sp³-hybridized carbons (Fsp3) is 0.200. The minimum absolute atomic E-state index is 0.156. The first kappa shape index (κ1) is 12.3. The molecule has 1 heterocycles. The number of fused-ring (bicyclic) bond motifs is 1. The normalized spacial score (nSPS) is 11.9. The number of hydrogen-bond acceptors (Lipinski definition) is 5. The van der Waals surface area contributed by atoms with Crippen LogP contribution in [0.1, 0.15) is 0 Å². The van der Waals surface area contributed by atoms with Gasteiger partial charge in [-0.05, 0) is 29.7 Å². The largest absolute Gasteiger partial charge is 0.492 e. The van der Waals surface area contributed by atoms with E-state index in [9.17, 15) is 8.42 Å². The van der Waals surface area contributed by atoms with Gasteiger partial charge in [-0.25, -0.2) is 13.6 Å². The number of thiophene rings is 1. The molecule has 0 aliphatic heterocycles.